The quantitative estimate of drug-likeness (QED) is 0.643. The third kappa shape index (κ3) is 2.62. The first-order chi connectivity index (χ1) is 9.51. The van der Waals surface area contributed by atoms with Gasteiger partial charge in [0.1, 0.15) is 5.69 Å². The number of benzene rings is 1. The topological polar surface area (TPSA) is 131 Å². The molecule has 0 aliphatic rings. The van der Waals surface area contributed by atoms with Gasteiger partial charge in [-0.05, 0) is 31.2 Å². The SMILES string of the molecule is Cc1nc(N)nc(Nc2ccc(C#N)cc2)c1[N+](=O)[O-]. The second kappa shape index (κ2) is 5.19. The average Bonchev–Trinajstić information content (AvgIpc) is 2.38. The van der Waals surface area contributed by atoms with E-state index in [9.17, 15) is 10.1 Å². The number of aromatic nitrogens is 2. The molecule has 100 valence electrons. The van der Waals surface area contributed by atoms with E-state index in [-0.39, 0.29) is 23.1 Å². The molecule has 0 fully saturated rings. The number of rotatable bonds is 3. The van der Waals surface area contributed by atoms with E-state index >= 15 is 0 Å². The van der Waals surface area contributed by atoms with Crippen LogP contribution in [-0.4, -0.2) is 14.9 Å². The fraction of sp³-hybridized carbons (Fsp3) is 0.0833. The van der Waals surface area contributed by atoms with Crippen LogP contribution in [0.5, 0.6) is 0 Å². The molecule has 0 saturated heterocycles. The van der Waals surface area contributed by atoms with Crippen molar-refractivity contribution in [3.63, 3.8) is 0 Å². The number of nitrogens with zero attached hydrogens (tertiary/aromatic N) is 4. The maximum absolute atomic E-state index is 11.0. The molecule has 1 aromatic carbocycles. The highest BCUT2D eigenvalue weighted by molar-refractivity contribution is 5.68. The Morgan fingerprint density at radius 3 is 2.55 bits per heavy atom. The summed E-state index contributed by atoms with van der Waals surface area (Å²) in [6, 6.07) is 8.40. The number of nitrogens with two attached hydrogens (primary N) is 1. The van der Waals surface area contributed by atoms with Crippen molar-refractivity contribution in [2.24, 2.45) is 0 Å². The molecule has 0 saturated carbocycles. The molecular formula is C12H10N6O2. The molecular weight excluding hydrogens is 260 g/mol. The zero-order valence-electron chi connectivity index (χ0n) is 10.5. The first-order valence-corrected chi connectivity index (χ1v) is 5.57. The molecule has 2 aromatic rings. The molecule has 0 atom stereocenters. The van der Waals surface area contributed by atoms with Gasteiger partial charge in [0, 0.05) is 5.69 Å². The molecule has 0 radical (unpaired) electrons. The van der Waals surface area contributed by atoms with Crippen LogP contribution in [0.15, 0.2) is 24.3 Å². The van der Waals surface area contributed by atoms with Crippen molar-refractivity contribution < 1.29 is 4.92 Å². The number of anilines is 3. The summed E-state index contributed by atoms with van der Waals surface area (Å²) >= 11 is 0. The maximum Gasteiger partial charge on any atom is 0.332 e. The normalized spacial score (nSPS) is 9.80. The second-order valence-corrected chi connectivity index (χ2v) is 3.94. The molecule has 2 rings (SSSR count). The van der Waals surface area contributed by atoms with Gasteiger partial charge in [-0.3, -0.25) is 10.1 Å². The Morgan fingerprint density at radius 1 is 1.35 bits per heavy atom. The molecule has 3 N–H and O–H groups in total. The number of nitrogens with one attached hydrogen (secondary N) is 1. The Morgan fingerprint density at radius 2 is 2.00 bits per heavy atom. The predicted molar refractivity (Wildman–Crippen MR) is 72.3 cm³/mol. The highest BCUT2D eigenvalue weighted by Crippen LogP contribution is 2.28. The van der Waals surface area contributed by atoms with Crippen molar-refractivity contribution in [2.75, 3.05) is 11.1 Å². The average molecular weight is 270 g/mol. The van der Waals surface area contributed by atoms with Crippen molar-refractivity contribution in [2.45, 2.75) is 6.92 Å². The number of nitrogen functional groups attached to an aromatic ring is 1. The van der Waals surface area contributed by atoms with E-state index < -0.39 is 4.92 Å². The molecule has 0 aliphatic carbocycles. The van der Waals surface area contributed by atoms with Gasteiger partial charge in [0.05, 0.1) is 16.6 Å². The fourth-order valence-electron chi connectivity index (χ4n) is 1.66. The van der Waals surface area contributed by atoms with Gasteiger partial charge in [-0.1, -0.05) is 0 Å². The summed E-state index contributed by atoms with van der Waals surface area (Å²) in [5.74, 6) is -0.0334. The third-order valence-corrected chi connectivity index (χ3v) is 2.53. The number of nitro groups is 1. The lowest BCUT2D eigenvalue weighted by Crippen LogP contribution is -2.06. The largest absolute Gasteiger partial charge is 0.368 e. The van der Waals surface area contributed by atoms with Crippen molar-refractivity contribution in [3.8, 4) is 6.07 Å². The van der Waals surface area contributed by atoms with E-state index in [1.54, 1.807) is 24.3 Å². The molecule has 0 spiro atoms. The molecule has 20 heavy (non-hydrogen) atoms. The highest BCUT2D eigenvalue weighted by Gasteiger charge is 2.21. The third-order valence-electron chi connectivity index (χ3n) is 2.53. The second-order valence-electron chi connectivity index (χ2n) is 3.94. The standard InChI is InChI=1S/C12H10N6O2/c1-7-10(18(19)20)11(17-12(14)15-7)16-9-4-2-8(6-13)3-5-9/h2-5H,1H3,(H3,14,15,16,17). The Bertz CT molecular complexity index is 705. The van der Waals surface area contributed by atoms with Gasteiger partial charge < -0.3 is 11.1 Å². The van der Waals surface area contributed by atoms with E-state index in [0.717, 1.165) is 0 Å². The van der Waals surface area contributed by atoms with Crippen molar-refractivity contribution in [1.82, 2.24) is 9.97 Å². The summed E-state index contributed by atoms with van der Waals surface area (Å²) in [6.45, 7) is 1.49. The van der Waals surface area contributed by atoms with Gasteiger partial charge >= 0.3 is 5.69 Å². The monoisotopic (exact) mass is 270 g/mol. The molecule has 8 nitrogen and oxygen atoms in total. The minimum absolute atomic E-state index is 0.0182. The number of nitriles is 1. The van der Waals surface area contributed by atoms with E-state index in [2.05, 4.69) is 15.3 Å². The molecule has 1 aromatic heterocycles. The summed E-state index contributed by atoms with van der Waals surface area (Å²) < 4.78 is 0. The number of aryl methyl sites for hydroxylation is 1. The van der Waals surface area contributed by atoms with Crippen LogP contribution in [0.3, 0.4) is 0 Å². The lowest BCUT2D eigenvalue weighted by atomic mass is 10.2. The lowest BCUT2D eigenvalue weighted by molar-refractivity contribution is -0.385. The number of hydrogen-bond donors (Lipinski definition) is 2. The van der Waals surface area contributed by atoms with Gasteiger partial charge in [0.15, 0.2) is 0 Å². The van der Waals surface area contributed by atoms with Crippen LogP contribution in [0, 0.1) is 28.4 Å². The Balaban J connectivity index is 2.42. The molecule has 0 bridgehead atoms. The summed E-state index contributed by atoms with van der Waals surface area (Å²) in [7, 11) is 0. The van der Waals surface area contributed by atoms with Crippen LogP contribution in [0.4, 0.5) is 23.1 Å². The van der Waals surface area contributed by atoms with Crippen LogP contribution in [0.2, 0.25) is 0 Å². The van der Waals surface area contributed by atoms with Crippen molar-refractivity contribution in [3.05, 3.63) is 45.6 Å². The molecule has 1 heterocycles. The highest BCUT2D eigenvalue weighted by atomic mass is 16.6. The van der Waals surface area contributed by atoms with E-state index in [1.807, 2.05) is 6.07 Å². The van der Waals surface area contributed by atoms with Crippen molar-refractivity contribution >= 4 is 23.1 Å². The number of hydrogen-bond acceptors (Lipinski definition) is 7. The summed E-state index contributed by atoms with van der Waals surface area (Å²) in [5.41, 5.74) is 6.50. The van der Waals surface area contributed by atoms with Gasteiger partial charge in [-0.2, -0.15) is 10.2 Å². The Hall–Kier alpha value is -3.21. The molecule has 0 amide bonds. The van der Waals surface area contributed by atoms with Crippen LogP contribution in [0.1, 0.15) is 11.3 Å². The minimum atomic E-state index is -0.569. The minimum Gasteiger partial charge on any atom is -0.368 e. The first kappa shape index (κ1) is 13.2. The summed E-state index contributed by atoms with van der Waals surface area (Å²) in [5, 5.41) is 22.6. The van der Waals surface area contributed by atoms with Crippen LogP contribution in [0.25, 0.3) is 0 Å². The van der Waals surface area contributed by atoms with Gasteiger partial charge in [-0.25, -0.2) is 4.98 Å². The predicted octanol–water partition coefficient (Wildman–Crippen LogP) is 1.89. The van der Waals surface area contributed by atoms with Gasteiger partial charge in [0.2, 0.25) is 11.8 Å². The molecule has 0 aliphatic heterocycles. The van der Waals surface area contributed by atoms with E-state index in [4.69, 9.17) is 11.0 Å². The van der Waals surface area contributed by atoms with E-state index in [0.29, 0.717) is 11.3 Å². The fourth-order valence-corrected chi connectivity index (χ4v) is 1.66. The molecule has 8 heteroatoms. The Labute approximate surface area is 114 Å². The zero-order chi connectivity index (χ0) is 14.7. The van der Waals surface area contributed by atoms with Crippen LogP contribution >= 0.6 is 0 Å². The lowest BCUT2D eigenvalue weighted by Gasteiger charge is -2.08. The zero-order valence-corrected chi connectivity index (χ0v) is 10.5. The van der Waals surface area contributed by atoms with Gasteiger partial charge in [0.25, 0.3) is 0 Å². The smallest absolute Gasteiger partial charge is 0.332 e. The van der Waals surface area contributed by atoms with Gasteiger partial charge in [-0.15, -0.1) is 0 Å². The van der Waals surface area contributed by atoms with Crippen LogP contribution in [-0.2, 0) is 0 Å². The Kier molecular flexibility index (Phi) is 3.43. The van der Waals surface area contributed by atoms with E-state index in [1.165, 1.54) is 6.92 Å². The van der Waals surface area contributed by atoms with Crippen LogP contribution < -0.4 is 11.1 Å². The first-order valence-electron chi connectivity index (χ1n) is 5.57. The summed E-state index contributed by atoms with van der Waals surface area (Å²) in [4.78, 5) is 18.1. The van der Waals surface area contributed by atoms with Crippen molar-refractivity contribution in [1.29, 1.82) is 5.26 Å². The molecule has 0 unspecified atom stereocenters. The summed E-state index contributed by atoms with van der Waals surface area (Å²) in [6.07, 6.45) is 0. The maximum atomic E-state index is 11.0.